The van der Waals surface area contributed by atoms with Gasteiger partial charge in [0.15, 0.2) is 0 Å². The molecule has 5 nitrogen and oxygen atoms in total. The van der Waals surface area contributed by atoms with Crippen molar-refractivity contribution >= 4 is 28.4 Å². The van der Waals surface area contributed by atoms with Crippen LogP contribution in [-0.4, -0.2) is 34.3 Å². The summed E-state index contributed by atoms with van der Waals surface area (Å²) in [7, 11) is 0. The van der Waals surface area contributed by atoms with Gasteiger partial charge >= 0.3 is 0 Å². The number of benzene rings is 2. The second-order valence-electron chi connectivity index (χ2n) is 7.80. The summed E-state index contributed by atoms with van der Waals surface area (Å²) >= 11 is 0. The van der Waals surface area contributed by atoms with Crippen LogP contribution in [0.25, 0.3) is 22.2 Å². The first-order chi connectivity index (χ1) is 13.7. The zero-order valence-electron chi connectivity index (χ0n) is 15.7. The molecule has 1 aliphatic heterocycles. The van der Waals surface area contributed by atoms with Gasteiger partial charge < -0.3 is 15.2 Å². The molecule has 1 aromatic heterocycles. The lowest BCUT2D eigenvalue weighted by Gasteiger charge is -2.24. The highest BCUT2D eigenvalue weighted by atomic mass is 16.2. The topological polar surface area (TPSA) is 65.2 Å². The second kappa shape index (κ2) is 6.82. The lowest BCUT2D eigenvalue weighted by molar-refractivity contribution is -0.137. The van der Waals surface area contributed by atoms with Gasteiger partial charge in [-0.15, -0.1) is 0 Å². The molecular formula is C23H23N3O2. The van der Waals surface area contributed by atoms with Crippen molar-refractivity contribution in [2.24, 2.45) is 5.92 Å². The van der Waals surface area contributed by atoms with Crippen molar-refractivity contribution in [1.29, 1.82) is 0 Å². The van der Waals surface area contributed by atoms with Crippen molar-refractivity contribution in [2.75, 3.05) is 11.9 Å². The maximum atomic E-state index is 12.7. The highest BCUT2D eigenvalue weighted by Crippen LogP contribution is 2.34. The Morgan fingerprint density at radius 3 is 2.54 bits per heavy atom. The molecule has 2 fully saturated rings. The molecule has 2 aliphatic rings. The highest BCUT2D eigenvalue weighted by Gasteiger charge is 2.40. The number of hydrogen-bond donors (Lipinski definition) is 2. The number of H-pyrrole nitrogens is 1. The Morgan fingerprint density at radius 1 is 1.00 bits per heavy atom. The number of carbonyl (C=O) groups is 2. The molecule has 0 bridgehead atoms. The van der Waals surface area contributed by atoms with E-state index in [0.29, 0.717) is 6.54 Å². The van der Waals surface area contributed by atoms with Gasteiger partial charge in [0.2, 0.25) is 11.8 Å². The smallest absolute Gasteiger partial charge is 0.247 e. The Kier molecular flexibility index (Phi) is 4.15. The van der Waals surface area contributed by atoms with Crippen molar-refractivity contribution in [2.45, 2.75) is 31.7 Å². The first-order valence-corrected chi connectivity index (χ1v) is 9.98. The third-order valence-electron chi connectivity index (χ3n) is 5.76. The Hall–Kier alpha value is -3.08. The van der Waals surface area contributed by atoms with Gasteiger partial charge in [0, 0.05) is 34.7 Å². The number of fused-ring (bicyclic) bond motifs is 1. The lowest BCUT2D eigenvalue weighted by atomic mass is 10.1. The molecular weight excluding hydrogens is 350 g/mol. The van der Waals surface area contributed by atoms with Crippen molar-refractivity contribution < 1.29 is 9.59 Å². The molecule has 0 spiro atoms. The number of aromatic nitrogens is 1. The van der Waals surface area contributed by atoms with Crippen LogP contribution in [0.5, 0.6) is 0 Å². The van der Waals surface area contributed by atoms with E-state index in [-0.39, 0.29) is 23.8 Å². The summed E-state index contributed by atoms with van der Waals surface area (Å²) in [5.41, 5.74) is 3.99. The number of carbonyl (C=O) groups excluding carboxylic acids is 2. The number of nitrogens with one attached hydrogen (secondary N) is 2. The summed E-state index contributed by atoms with van der Waals surface area (Å²) in [4.78, 5) is 30.3. The Morgan fingerprint density at radius 2 is 1.79 bits per heavy atom. The van der Waals surface area contributed by atoms with Crippen LogP contribution < -0.4 is 5.32 Å². The second-order valence-corrected chi connectivity index (χ2v) is 7.80. The summed E-state index contributed by atoms with van der Waals surface area (Å²) in [6.07, 6.45) is 3.59. The largest absolute Gasteiger partial charge is 0.355 e. The van der Waals surface area contributed by atoms with E-state index in [2.05, 4.69) is 28.5 Å². The summed E-state index contributed by atoms with van der Waals surface area (Å²) in [6, 6.07) is 17.8. The van der Waals surface area contributed by atoms with Crippen LogP contribution in [0.15, 0.2) is 54.6 Å². The fourth-order valence-electron chi connectivity index (χ4n) is 4.06. The van der Waals surface area contributed by atoms with Crippen molar-refractivity contribution in [3.63, 3.8) is 0 Å². The van der Waals surface area contributed by atoms with Crippen LogP contribution in [0.2, 0.25) is 0 Å². The third kappa shape index (κ3) is 3.17. The lowest BCUT2D eigenvalue weighted by Crippen LogP contribution is -2.43. The number of rotatable bonds is 4. The molecule has 1 saturated heterocycles. The fourth-order valence-corrected chi connectivity index (χ4v) is 4.06. The molecule has 2 aromatic carbocycles. The molecule has 2 N–H and O–H groups in total. The summed E-state index contributed by atoms with van der Waals surface area (Å²) in [5.74, 6) is 0.237. The molecule has 5 rings (SSSR count). The van der Waals surface area contributed by atoms with Crippen molar-refractivity contribution in [3.05, 3.63) is 54.6 Å². The average molecular weight is 373 g/mol. The van der Waals surface area contributed by atoms with Gasteiger partial charge in [-0.05, 0) is 55.5 Å². The van der Waals surface area contributed by atoms with E-state index in [0.717, 1.165) is 48.1 Å². The molecule has 3 aromatic rings. The van der Waals surface area contributed by atoms with Crippen LogP contribution in [-0.2, 0) is 9.59 Å². The molecule has 1 saturated carbocycles. The van der Waals surface area contributed by atoms with Gasteiger partial charge in [-0.2, -0.15) is 0 Å². The standard InChI is InChI=1S/C23H23N3O2/c27-22(21-6-3-13-26(21)23(28)16-7-8-16)24-18-11-9-15(10-12-18)20-14-17-4-1-2-5-19(17)25-20/h1-2,4-5,9-12,14,16,21,25H,3,6-8,13H2,(H,24,27)/t21-/m1/s1. The Labute approximate surface area is 163 Å². The van der Waals surface area contributed by atoms with E-state index >= 15 is 0 Å². The maximum absolute atomic E-state index is 12.7. The molecule has 2 amide bonds. The fraction of sp³-hybridized carbons (Fsp3) is 0.304. The summed E-state index contributed by atoms with van der Waals surface area (Å²) < 4.78 is 0. The predicted octanol–water partition coefficient (Wildman–Crippen LogP) is 4.17. The third-order valence-corrected chi connectivity index (χ3v) is 5.76. The monoisotopic (exact) mass is 373 g/mol. The van der Waals surface area contributed by atoms with Crippen LogP contribution in [0.3, 0.4) is 0 Å². The molecule has 1 atom stereocenters. The number of aromatic amines is 1. The van der Waals surface area contributed by atoms with Gasteiger partial charge in [0.1, 0.15) is 6.04 Å². The molecule has 2 heterocycles. The number of likely N-dealkylation sites (tertiary alicyclic amines) is 1. The zero-order valence-corrected chi connectivity index (χ0v) is 15.7. The van der Waals surface area contributed by atoms with E-state index in [1.165, 1.54) is 5.39 Å². The minimum Gasteiger partial charge on any atom is -0.355 e. The summed E-state index contributed by atoms with van der Waals surface area (Å²) in [6.45, 7) is 0.701. The number of amides is 2. The summed E-state index contributed by atoms with van der Waals surface area (Å²) in [5, 5.41) is 4.17. The predicted molar refractivity (Wildman–Crippen MR) is 110 cm³/mol. The van der Waals surface area contributed by atoms with Gasteiger partial charge in [0.05, 0.1) is 0 Å². The Balaban J connectivity index is 1.29. The number of nitrogens with zero attached hydrogens (tertiary/aromatic N) is 1. The molecule has 28 heavy (non-hydrogen) atoms. The van der Waals surface area contributed by atoms with E-state index in [1.54, 1.807) is 4.90 Å². The van der Waals surface area contributed by atoms with Crippen LogP contribution in [0.4, 0.5) is 5.69 Å². The zero-order chi connectivity index (χ0) is 19.1. The highest BCUT2D eigenvalue weighted by molar-refractivity contribution is 5.98. The van der Waals surface area contributed by atoms with Crippen LogP contribution in [0, 0.1) is 5.92 Å². The van der Waals surface area contributed by atoms with Gasteiger partial charge in [0.25, 0.3) is 0 Å². The first kappa shape index (κ1) is 17.0. The van der Waals surface area contributed by atoms with Gasteiger partial charge in [-0.1, -0.05) is 30.3 Å². The van der Waals surface area contributed by atoms with Crippen molar-refractivity contribution in [3.8, 4) is 11.3 Å². The minimum absolute atomic E-state index is 0.0788. The number of para-hydroxylation sites is 1. The number of anilines is 1. The Bertz CT molecular complexity index is 1000. The minimum atomic E-state index is -0.332. The SMILES string of the molecule is O=C(Nc1ccc(-c2cc3ccccc3[nH]2)cc1)[C@H]1CCCN1C(=O)C1CC1. The number of hydrogen-bond acceptors (Lipinski definition) is 2. The van der Waals surface area contributed by atoms with Crippen molar-refractivity contribution in [1.82, 2.24) is 9.88 Å². The maximum Gasteiger partial charge on any atom is 0.247 e. The molecule has 0 unspecified atom stereocenters. The van der Waals surface area contributed by atoms with Crippen LogP contribution >= 0.6 is 0 Å². The first-order valence-electron chi connectivity index (χ1n) is 9.98. The average Bonchev–Trinajstić information content (AvgIpc) is 3.28. The molecule has 1 aliphatic carbocycles. The van der Waals surface area contributed by atoms with E-state index in [4.69, 9.17) is 0 Å². The molecule has 5 heteroatoms. The van der Waals surface area contributed by atoms with E-state index in [1.807, 2.05) is 36.4 Å². The molecule has 0 radical (unpaired) electrons. The van der Waals surface area contributed by atoms with Gasteiger partial charge in [-0.3, -0.25) is 9.59 Å². The van der Waals surface area contributed by atoms with E-state index < -0.39 is 0 Å². The van der Waals surface area contributed by atoms with Crippen LogP contribution in [0.1, 0.15) is 25.7 Å². The molecule has 142 valence electrons. The normalized spacial score (nSPS) is 19.1. The van der Waals surface area contributed by atoms with Gasteiger partial charge in [-0.25, -0.2) is 0 Å². The quantitative estimate of drug-likeness (QED) is 0.721. The van der Waals surface area contributed by atoms with E-state index in [9.17, 15) is 9.59 Å².